The van der Waals surface area contributed by atoms with Crippen LogP contribution in [0, 0.1) is 13.8 Å². The van der Waals surface area contributed by atoms with Gasteiger partial charge in [-0.3, -0.25) is 4.40 Å². The van der Waals surface area contributed by atoms with Crippen molar-refractivity contribution < 1.29 is 0 Å². The summed E-state index contributed by atoms with van der Waals surface area (Å²) in [6.07, 6.45) is 3.63. The molecule has 0 aromatic carbocycles. The fraction of sp³-hybridized carbons (Fsp3) is 0.417. The van der Waals surface area contributed by atoms with Crippen LogP contribution >= 0.6 is 11.3 Å². The second-order valence-electron chi connectivity index (χ2n) is 5.07. The Morgan fingerprint density at radius 1 is 1.19 bits per heavy atom. The number of aryl methyl sites for hydroxylation is 2. The minimum atomic E-state index is 0.338. The summed E-state index contributed by atoms with van der Waals surface area (Å²) in [5, 5.41) is 21.8. The van der Waals surface area contributed by atoms with Gasteiger partial charge in [-0.15, -0.1) is 20.4 Å². The highest BCUT2D eigenvalue weighted by molar-refractivity contribution is 7.15. The molecule has 1 fully saturated rings. The number of rotatable bonds is 3. The van der Waals surface area contributed by atoms with Crippen molar-refractivity contribution in [3.05, 3.63) is 23.2 Å². The molecule has 0 saturated carbocycles. The summed E-state index contributed by atoms with van der Waals surface area (Å²) in [4.78, 5) is 6.57. The highest BCUT2D eigenvalue weighted by Gasteiger charge is 2.30. The van der Waals surface area contributed by atoms with E-state index in [-0.39, 0.29) is 0 Å². The zero-order valence-electron chi connectivity index (χ0n) is 11.7. The van der Waals surface area contributed by atoms with Gasteiger partial charge in [-0.2, -0.15) is 0 Å². The normalized spacial score (nSPS) is 15.4. The van der Waals surface area contributed by atoms with E-state index in [0.717, 1.165) is 40.5 Å². The Balaban J connectivity index is 1.48. The Kier molecular flexibility index (Phi) is 2.74. The fourth-order valence-electron chi connectivity index (χ4n) is 2.38. The molecule has 4 heterocycles. The molecule has 8 nitrogen and oxygen atoms in total. The number of aromatic nitrogens is 6. The molecule has 0 unspecified atom stereocenters. The molecule has 21 heavy (non-hydrogen) atoms. The number of nitrogens with one attached hydrogen (secondary N) is 1. The van der Waals surface area contributed by atoms with Gasteiger partial charge < -0.3 is 10.2 Å². The van der Waals surface area contributed by atoms with E-state index in [0.29, 0.717) is 6.04 Å². The largest absolute Gasteiger partial charge is 0.361 e. The Hall–Kier alpha value is -2.29. The first-order chi connectivity index (χ1) is 10.2. The highest BCUT2D eigenvalue weighted by atomic mass is 32.1. The molecule has 0 spiro atoms. The lowest BCUT2D eigenvalue weighted by molar-refractivity contribution is 0.546. The van der Waals surface area contributed by atoms with Crippen LogP contribution in [0.5, 0.6) is 0 Å². The van der Waals surface area contributed by atoms with Crippen LogP contribution in [0.3, 0.4) is 0 Å². The average Bonchev–Trinajstić information content (AvgIpc) is 3.01. The number of fused-ring (bicyclic) bond motifs is 1. The van der Waals surface area contributed by atoms with E-state index in [1.165, 1.54) is 0 Å². The summed E-state index contributed by atoms with van der Waals surface area (Å²) in [7, 11) is 0. The van der Waals surface area contributed by atoms with Gasteiger partial charge in [0, 0.05) is 25.5 Å². The molecule has 0 amide bonds. The van der Waals surface area contributed by atoms with E-state index in [1.54, 1.807) is 17.5 Å². The highest BCUT2D eigenvalue weighted by Crippen LogP contribution is 2.26. The minimum absolute atomic E-state index is 0.338. The van der Waals surface area contributed by atoms with Gasteiger partial charge in [0.05, 0.1) is 6.04 Å². The van der Waals surface area contributed by atoms with Crippen LogP contribution in [0.15, 0.2) is 12.4 Å². The third-order valence-electron chi connectivity index (χ3n) is 3.51. The van der Waals surface area contributed by atoms with E-state index in [4.69, 9.17) is 0 Å². The molecule has 1 aliphatic rings. The number of hydrogen-bond acceptors (Lipinski definition) is 8. The lowest BCUT2D eigenvalue weighted by Gasteiger charge is -2.39. The van der Waals surface area contributed by atoms with Gasteiger partial charge in [0.2, 0.25) is 10.8 Å². The zero-order chi connectivity index (χ0) is 14.4. The smallest absolute Gasteiger partial charge is 0.208 e. The van der Waals surface area contributed by atoms with Crippen LogP contribution in [0.4, 0.5) is 10.9 Å². The molecule has 108 valence electrons. The van der Waals surface area contributed by atoms with Crippen molar-refractivity contribution in [3.63, 3.8) is 0 Å². The molecular weight excluding hydrogens is 288 g/mol. The molecule has 0 aliphatic carbocycles. The third-order valence-corrected chi connectivity index (χ3v) is 4.41. The Bertz CT molecular complexity index is 788. The first-order valence-corrected chi connectivity index (χ1v) is 7.50. The molecule has 1 N–H and O–H groups in total. The monoisotopic (exact) mass is 302 g/mol. The summed E-state index contributed by atoms with van der Waals surface area (Å²) in [6, 6.07) is 0.338. The minimum Gasteiger partial charge on any atom is -0.361 e. The number of anilines is 2. The van der Waals surface area contributed by atoms with Gasteiger partial charge in [0.15, 0.2) is 5.82 Å². The molecule has 0 bridgehead atoms. The lowest BCUT2D eigenvalue weighted by atomic mass is 10.1. The van der Waals surface area contributed by atoms with Crippen LogP contribution in [0.1, 0.15) is 10.8 Å². The topological polar surface area (TPSA) is 84.1 Å². The predicted molar refractivity (Wildman–Crippen MR) is 79.8 cm³/mol. The van der Waals surface area contributed by atoms with Crippen molar-refractivity contribution in [2.75, 3.05) is 23.3 Å². The molecule has 3 aromatic rings. The van der Waals surface area contributed by atoms with Crippen LogP contribution in [0.2, 0.25) is 0 Å². The standard InChI is InChI=1S/C12H14N8S/c1-7-15-17-11-10(13-3-4-20(7)11)14-9-5-19(6-9)12-18-16-8(2)21-12/h3-4,9H,5-6H2,1-2H3,(H,13,14). The number of nitrogens with zero attached hydrogens (tertiary/aromatic N) is 7. The van der Waals surface area contributed by atoms with Crippen LogP contribution in [-0.2, 0) is 0 Å². The summed E-state index contributed by atoms with van der Waals surface area (Å²) >= 11 is 1.62. The first-order valence-electron chi connectivity index (χ1n) is 6.68. The maximum Gasteiger partial charge on any atom is 0.208 e. The van der Waals surface area contributed by atoms with Crippen LogP contribution in [0.25, 0.3) is 5.65 Å². The van der Waals surface area contributed by atoms with Crippen molar-refractivity contribution in [2.24, 2.45) is 0 Å². The zero-order valence-corrected chi connectivity index (χ0v) is 12.5. The Morgan fingerprint density at radius 3 is 2.81 bits per heavy atom. The molecule has 1 aliphatic heterocycles. The molecule has 9 heteroatoms. The molecule has 0 atom stereocenters. The summed E-state index contributed by atoms with van der Waals surface area (Å²) in [6.45, 7) is 5.68. The summed E-state index contributed by atoms with van der Waals surface area (Å²) < 4.78 is 1.93. The molecule has 1 saturated heterocycles. The van der Waals surface area contributed by atoms with Gasteiger partial charge in [0.1, 0.15) is 10.8 Å². The summed E-state index contributed by atoms with van der Waals surface area (Å²) in [5.74, 6) is 1.63. The van der Waals surface area contributed by atoms with Crippen molar-refractivity contribution in [1.29, 1.82) is 0 Å². The van der Waals surface area contributed by atoms with Gasteiger partial charge >= 0.3 is 0 Å². The van der Waals surface area contributed by atoms with Crippen molar-refractivity contribution >= 4 is 27.9 Å². The van der Waals surface area contributed by atoms with E-state index >= 15 is 0 Å². The fourth-order valence-corrected chi connectivity index (χ4v) is 3.08. The number of hydrogen-bond donors (Lipinski definition) is 1. The Morgan fingerprint density at radius 2 is 2.05 bits per heavy atom. The SMILES string of the molecule is Cc1nnc(N2CC(Nc3nccn4c(C)nnc34)C2)s1. The van der Waals surface area contributed by atoms with Crippen molar-refractivity contribution in [1.82, 2.24) is 29.8 Å². The molecule has 3 aromatic heterocycles. The quantitative estimate of drug-likeness (QED) is 0.769. The van der Waals surface area contributed by atoms with Crippen LogP contribution in [-0.4, -0.2) is 48.9 Å². The van der Waals surface area contributed by atoms with Crippen LogP contribution < -0.4 is 10.2 Å². The van der Waals surface area contributed by atoms with Gasteiger partial charge in [-0.1, -0.05) is 11.3 Å². The predicted octanol–water partition coefficient (Wildman–Crippen LogP) is 0.893. The molecular formula is C12H14N8S. The third kappa shape index (κ3) is 2.09. The first kappa shape index (κ1) is 12.5. The average molecular weight is 302 g/mol. The lowest BCUT2D eigenvalue weighted by Crippen LogP contribution is -2.55. The summed E-state index contributed by atoms with van der Waals surface area (Å²) in [5.41, 5.74) is 0.764. The van der Waals surface area contributed by atoms with E-state index < -0.39 is 0 Å². The van der Waals surface area contributed by atoms with Gasteiger partial charge in [-0.05, 0) is 13.8 Å². The van der Waals surface area contributed by atoms with Gasteiger partial charge in [-0.25, -0.2) is 4.98 Å². The second kappa shape index (κ2) is 4.62. The maximum atomic E-state index is 4.37. The van der Waals surface area contributed by atoms with E-state index in [2.05, 4.69) is 35.6 Å². The van der Waals surface area contributed by atoms with Gasteiger partial charge in [0.25, 0.3) is 0 Å². The Labute approximate surface area is 124 Å². The molecule has 0 radical (unpaired) electrons. The maximum absolute atomic E-state index is 4.37. The second-order valence-corrected chi connectivity index (χ2v) is 6.23. The van der Waals surface area contributed by atoms with Crippen molar-refractivity contribution in [2.45, 2.75) is 19.9 Å². The van der Waals surface area contributed by atoms with E-state index in [1.807, 2.05) is 24.4 Å². The molecule has 4 rings (SSSR count). The van der Waals surface area contributed by atoms with Crippen molar-refractivity contribution in [3.8, 4) is 0 Å². The van der Waals surface area contributed by atoms with E-state index in [9.17, 15) is 0 Å².